The Morgan fingerprint density at radius 1 is 1.47 bits per heavy atom. The summed E-state index contributed by atoms with van der Waals surface area (Å²) in [5, 5.41) is 14.4. The van der Waals surface area contributed by atoms with Crippen molar-refractivity contribution in [2.45, 2.75) is 24.9 Å². The molecule has 1 saturated heterocycles. The van der Waals surface area contributed by atoms with E-state index in [4.69, 9.17) is 4.74 Å². The van der Waals surface area contributed by atoms with Gasteiger partial charge in [-0.3, -0.25) is 0 Å². The molecule has 0 aliphatic carbocycles. The average Bonchev–Trinajstić information content (AvgIpc) is 2.90. The second kappa shape index (κ2) is 5.70. The molecule has 0 aromatic carbocycles. The number of carboxylic acid groups (broad SMARTS) is 1. The molecule has 1 aromatic heterocycles. The topological polar surface area (TPSA) is 116 Å². The number of rotatable bonds is 4. The Labute approximate surface area is 109 Å². The van der Waals surface area contributed by atoms with E-state index in [0.29, 0.717) is 19.0 Å². The van der Waals surface area contributed by atoms with Crippen molar-refractivity contribution in [3.05, 3.63) is 18.2 Å². The van der Waals surface area contributed by atoms with Crippen molar-refractivity contribution < 1.29 is 19.4 Å². The molecule has 2 amide bonds. The highest BCUT2D eigenvalue weighted by molar-refractivity contribution is 5.86. The Kier molecular flexibility index (Phi) is 4.00. The lowest BCUT2D eigenvalue weighted by Crippen LogP contribution is -2.59. The Morgan fingerprint density at radius 2 is 2.21 bits per heavy atom. The third-order valence-corrected chi connectivity index (χ3v) is 3.08. The Bertz CT molecular complexity index is 440. The summed E-state index contributed by atoms with van der Waals surface area (Å²) in [6.45, 7) is 0.862. The summed E-state index contributed by atoms with van der Waals surface area (Å²) in [5.41, 5.74) is -1.24. The van der Waals surface area contributed by atoms with Gasteiger partial charge in [-0.1, -0.05) is 0 Å². The molecule has 8 nitrogen and oxygen atoms in total. The van der Waals surface area contributed by atoms with Gasteiger partial charge in [0, 0.05) is 38.4 Å². The first-order chi connectivity index (χ1) is 9.12. The number of ether oxygens (including phenoxy) is 1. The standard InChI is InChI=1S/C11H16N4O4/c16-9(17)11(1-5-19-6-2-11)15-10(18)14-7-8-12-3-4-13-8/h3-4H,1-2,5-7H2,(H,12,13)(H,16,17)(H2,14,15,18). The van der Waals surface area contributed by atoms with E-state index in [1.807, 2.05) is 0 Å². The number of aromatic nitrogens is 2. The van der Waals surface area contributed by atoms with Crippen LogP contribution < -0.4 is 10.6 Å². The number of nitrogens with zero attached hydrogens (tertiary/aromatic N) is 1. The fourth-order valence-electron chi connectivity index (χ4n) is 1.93. The number of nitrogens with one attached hydrogen (secondary N) is 3. The molecule has 1 fully saturated rings. The minimum absolute atomic E-state index is 0.213. The summed E-state index contributed by atoms with van der Waals surface area (Å²) in [6.07, 6.45) is 3.74. The van der Waals surface area contributed by atoms with Crippen molar-refractivity contribution in [1.29, 1.82) is 0 Å². The zero-order chi connectivity index (χ0) is 13.7. The summed E-state index contributed by atoms with van der Waals surface area (Å²) in [7, 11) is 0. The van der Waals surface area contributed by atoms with Crippen molar-refractivity contribution in [3.8, 4) is 0 Å². The molecule has 0 atom stereocenters. The van der Waals surface area contributed by atoms with E-state index in [9.17, 15) is 14.7 Å². The van der Waals surface area contributed by atoms with Crippen molar-refractivity contribution in [1.82, 2.24) is 20.6 Å². The highest BCUT2D eigenvalue weighted by atomic mass is 16.5. The molecule has 1 aliphatic rings. The van der Waals surface area contributed by atoms with Crippen LogP contribution in [0.15, 0.2) is 12.4 Å². The number of amides is 2. The number of carbonyl (C=O) groups is 2. The molecule has 1 aliphatic heterocycles. The van der Waals surface area contributed by atoms with Gasteiger partial charge < -0.3 is 25.5 Å². The van der Waals surface area contributed by atoms with Gasteiger partial charge in [-0.2, -0.15) is 0 Å². The molecule has 0 saturated carbocycles. The molecule has 0 radical (unpaired) electrons. The number of urea groups is 1. The maximum absolute atomic E-state index is 11.7. The van der Waals surface area contributed by atoms with Crippen LogP contribution in [-0.2, 0) is 16.1 Å². The number of carbonyl (C=O) groups excluding carboxylic acids is 1. The van der Waals surface area contributed by atoms with Crippen LogP contribution >= 0.6 is 0 Å². The van der Waals surface area contributed by atoms with Crippen LogP contribution in [0.1, 0.15) is 18.7 Å². The van der Waals surface area contributed by atoms with Gasteiger partial charge in [0.15, 0.2) is 0 Å². The van der Waals surface area contributed by atoms with Crippen LogP contribution in [-0.4, -0.2) is 45.8 Å². The first-order valence-electron chi connectivity index (χ1n) is 5.98. The van der Waals surface area contributed by atoms with Crippen LogP contribution in [0.2, 0.25) is 0 Å². The fraction of sp³-hybridized carbons (Fsp3) is 0.545. The van der Waals surface area contributed by atoms with E-state index < -0.39 is 17.5 Å². The van der Waals surface area contributed by atoms with Gasteiger partial charge >= 0.3 is 12.0 Å². The van der Waals surface area contributed by atoms with Gasteiger partial charge in [0.2, 0.25) is 0 Å². The van der Waals surface area contributed by atoms with Crippen LogP contribution in [0.25, 0.3) is 0 Å². The number of aromatic amines is 1. The van der Waals surface area contributed by atoms with E-state index in [2.05, 4.69) is 20.6 Å². The molecule has 8 heteroatoms. The van der Waals surface area contributed by atoms with Gasteiger partial charge in [-0.25, -0.2) is 14.6 Å². The maximum atomic E-state index is 11.7. The van der Waals surface area contributed by atoms with Crippen LogP contribution in [0.5, 0.6) is 0 Å². The van der Waals surface area contributed by atoms with Crippen LogP contribution in [0, 0.1) is 0 Å². The smallest absolute Gasteiger partial charge is 0.329 e. The molecule has 2 rings (SSSR count). The monoisotopic (exact) mass is 268 g/mol. The SMILES string of the molecule is O=C(NCc1ncc[nH]1)NC1(C(=O)O)CCOCC1. The van der Waals surface area contributed by atoms with Crippen molar-refractivity contribution in [3.63, 3.8) is 0 Å². The number of hydrogen-bond acceptors (Lipinski definition) is 4. The summed E-state index contributed by atoms with van der Waals surface area (Å²) in [5.74, 6) is -0.435. The fourth-order valence-corrected chi connectivity index (χ4v) is 1.93. The molecule has 0 spiro atoms. The van der Waals surface area contributed by atoms with E-state index in [1.54, 1.807) is 12.4 Å². The number of carboxylic acids is 1. The predicted molar refractivity (Wildman–Crippen MR) is 64.4 cm³/mol. The van der Waals surface area contributed by atoms with Crippen molar-refractivity contribution in [2.75, 3.05) is 13.2 Å². The third-order valence-electron chi connectivity index (χ3n) is 3.08. The van der Waals surface area contributed by atoms with E-state index in [0.717, 1.165) is 0 Å². The molecule has 104 valence electrons. The third kappa shape index (κ3) is 3.22. The Morgan fingerprint density at radius 3 is 2.79 bits per heavy atom. The number of H-pyrrole nitrogens is 1. The second-order valence-corrected chi connectivity index (χ2v) is 4.34. The molecule has 4 N–H and O–H groups in total. The lowest BCUT2D eigenvalue weighted by Gasteiger charge is -2.33. The van der Waals surface area contributed by atoms with Gasteiger partial charge in [0.25, 0.3) is 0 Å². The van der Waals surface area contributed by atoms with Gasteiger partial charge in [-0.15, -0.1) is 0 Å². The van der Waals surface area contributed by atoms with Gasteiger partial charge in [0.1, 0.15) is 11.4 Å². The maximum Gasteiger partial charge on any atom is 0.329 e. The van der Waals surface area contributed by atoms with E-state index in [1.165, 1.54) is 0 Å². The quantitative estimate of drug-likeness (QED) is 0.605. The normalized spacial score (nSPS) is 17.7. The lowest BCUT2D eigenvalue weighted by atomic mass is 9.90. The van der Waals surface area contributed by atoms with Crippen LogP contribution in [0.4, 0.5) is 4.79 Å². The van der Waals surface area contributed by atoms with Crippen molar-refractivity contribution in [2.24, 2.45) is 0 Å². The summed E-state index contributed by atoms with van der Waals surface area (Å²) >= 11 is 0. The molecular formula is C11H16N4O4. The second-order valence-electron chi connectivity index (χ2n) is 4.34. The van der Waals surface area contributed by atoms with E-state index >= 15 is 0 Å². The first-order valence-corrected chi connectivity index (χ1v) is 5.98. The zero-order valence-electron chi connectivity index (χ0n) is 10.3. The summed E-state index contributed by atoms with van der Waals surface area (Å²) in [4.78, 5) is 29.9. The molecule has 2 heterocycles. The number of hydrogen-bond donors (Lipinski definition) is 4. The summed E-state index contributed by atoms with van der Waals surface area (Å²) < 4.78 is 5.13. The average molecular weight is 268 g/mol. The van der Waals surface area contributed by atoms with Gasteiger partial charge in [-0.05, 0) is 0 Å². The first kappa shape index (κ1) is 13.3. The highest BCUT2D eigenvalue weighted by Gasteiger charge is 2.41. The molecule has 1 aromatic rings. The minimum atomic E-state index is -1.24. The molecule has 0 unspecified atom stereocenters. The van der Waals surface area contributed by atoms with Crippen LogP contribution in [0.3, 0.4) is 0 Å². The van der Waals surface area contributed by atoms with Gasteiger partial charge in [0.05, 0.1) is 6.54 Å². The van der Waals surface area contributed by atoms with Crippen molar-refractivity contribution >= 4 is 12.0 Å². The summed E-state index contributed by atoms with van der Waals surface area (Å²) in [6, 6.07) is -0.527. The number of imidazole rings is 1. The zero-order valence-corrected chi connectivity index (χ0v) is 10.3. The van der Waals surface area contributed by atoms with E-state index in [-0.39, 0.29) is 19.4 Å². The number of aliphatic carboxylic acids is 1. The molecule has 19 heavy (non-hydrogen) atoms. The Hall–Kier alpha value is -2.09. The molecule has 0 bridgehead atoms. The largest absolute Gasteiger partial charge is 0.480 e. The minimum Gasteiger partial charge on any atom is -0.480 e. The Balaban J connectivity index is 1.90. The predicted octanol–water partition coefficient (Wildman–Crippen LogP) is -0.157. The molecular weight excluding hydrogens is 252 g/mol. The highest BCUT2D eigenvalue weighted by Crippen LogP contribution is 2.20. The lowest BCUT2D eigenvalue weighted by molar-refractivity contribution is -0.148.